The van der Waals surface area contributed by atoms with E-state index in [2.05, 4.69) is 52.3 Å². The van der Waals surface area contributed by atoms with E-state index in [1.165, 1.54) is 27.9 Å². The van der Waals surface area contributed by atoms with Crippen molar-refractivity contribution in [2.24, 2.45) is 0 Å². The number of ether oxygens (including phenoxy) is 3. The van der Waals surface area contributed by atoms with Gasteiger partial charge in [-0.3, -0.25) is 4.90 Å². The molecular weight excluding hydrogens is 388 g/mol. The first-order valence-corrected chi connectivity index (χ1v) is 10.8. The third kappa shape index (κ3) is 3.70. The van der Waals surface area contributed by atoms with E-state index >= 15 is 0 Å². The van der Waals surface area contributed by atoms with E-state index < -0.39 is 0 Å². The quantitative estimate of drug-likeness (QED) is 0.608. The molecule has 0 amide bonds. The molecule has 2 heterocycles. The van der Waals surface area contributed by atoms with Gasteiger partial charge in [0, 0.05) is 38.3 Å². The average molecular weight is 417 g/mol. The Morgan fingerprint density at radius 1 is 0.806 bits per heavy atom. The van der Waals surface area contributed by atoms with Crippen LogP contribution in [0.1, 0.15) is 11.1 Å². The lowest BCUT2D eigenvalue weighted by molar-refractivity contribution is 0.247. The number of hydrogen-bond donors (Lipinski definition) is 0. The van der Waals surface area contributed by atoms with Crippen molar-refractivity contribution in [2.75, 3.05) is 45.3 Å². The van der Waals surface area contributed by atoms with Crippen molar-refractivity contribution in [3.8, 4) is 28.4 Å². The van der Waals surface area contributed by atoms with E-state index in [1.54, 1.807) is 14.2 Å². The molecule has 3 aromatic rings. The number of piperazine rings is 1. The smallest absolute Gasteiger partial charge is 0.169 e. The normalized spacial score (nSPS) is 15.6. The zero-order valence-electron chi connectivity index (χ0n) is 18.1. The van der Waals surface area contributed by atoms with Crippen molar-refractivity contribution >= 4 is 5.69 Å². The van der Waals surface area contributed by atoms with Crippen molar-refractivity contribution in [2.45, 2.75) is 13.2 Å². The number of methoxy groups -OCH3 is 2. The second-order valence-corrected chi connectivity index (χ2v) is 8.01. The summed E-state index contributed by atoms with van der Waals surface area (Å²) in [5.74, 6) is 2.61. The zero-order valence-corrected chi connectivity index (χ0v) is 18.1. The second kappa shape index (κ2) is 8.52. The van der Waals surface area contributed by atoms with Crippen LogP contribution in [0.4, 0.5) is 5.69 Å². The Kier molecular flexibility index (Phi) is 5.43. The SMILES string of the molecule is COc1ccccc1N1CCN(Cc2ccc(OC)c3c2-c2ccccc2CO3)CC1. The van der Waals surface area contributed by atoms with E-state index in [0.717, 1.165) is 50.0 Å². The standard InChI is InChI=1S/C26H28N2O3/c1-29-23-10-6-5-9-22(23)28-15-13-27(14-16-28)17-19-11-12-24(30-2)26-25(19)21-8-4-3-7-20(21)18-31-26/h3-12H,13-18H2,1-2H3. The van der Waals surface area contributed by atoms with Crippen LogP contribution in [0.3, 0.4) is 0 Å². The van der Waals surface area contributed by atoms with Gasteiger partial charge in [-0.05, 0) is 34.9 Å². The Bertz CT molecular complexity index is 1070. The molecular formula is C26H28N2O3. The van der Waals surface area contributed by atoms with Crippen LogP contribution in [0.25, 0.3) is 11.1 Å². The van der Waals surface area contributed by atoms with Crippen LogP contribution in [0.15, 0.2) is 60.7 Å². The van der Waals surface area contributed by atoms with E-state index in [-0.39, 0.29) is 0 Å². The molecule has 2 aliphatic heterocycles. The van der Waals surface area contributed by atoms with Crippen LogP contribution >= 0.6 is 0 Å². The Morgan fingerprint density at radius 2 is 1.55 bits per heavy atom. The molecule has 0 saturated carbocycles. The molecule has 0 N–H and O–H groups in total. The van der Waals surface area contributed by atoms with Crippen LogP contribution in [-0.2, 0) is 13.2 Å². The van der Waals surface area contributed by atoms with E-state index in [4.69, 9.17) is 14.2 Å². The number of para-hydroxylation sites is 2. The van der Waals surface area contributed by atoms with E-state index in [1.807, 2.05) is 18.2 Å². The maximum atomic E-state index is 6.14. The average Bonchev–Trinajstić information content (AvgIpc) is 2.84. The van der Waals surface area contributed by atoms with Gasteiger partial charge >= 0.3 is 0 Å². The summed E-state index contributed by atoms with van der Waals surface area (Å²) in [5.41, 5.74) is 6.12. The number of fused-ring (bicyclic) bond motifs is 3. The molecule has 0 atom stereocenters. The van der Waals surface area contributed by atoms with Gasteiger partial charge in [0.2, 0.25) is 0 Å². The van der Waals surface area contributed by atoms with Gasteiger partial charge in [-0.15, -0.1) is 0 Å². The number of rotatable bonds is 5. The summed E-state index contributed by atoms with van der Waals surface area (Å²) in [6.45, 7) is 5.44. The van der Waals surface area contributed by atoms with E-state index in [9.17, 15) is 0 Å². The van der Waals surface area contributed by atoms with Crippen LogP contribution in [-0.4, -0.2) is 45.3 Å². The molecule has 5 heteroatoms. The number of benzene rings is 3. The number of hydrogen-bond acceptors (Lipinski definition) is 5. The molecule has 0 aliphatic carbocycles. The van der Waals surface area contributed by atoms with Crippen molar-refractivity contribution < 1.29 is 14.2 Å². The minimum atomic E-state index is 0.584. The Hall–Kier alpha value is -3.18. The van der Waals surface area contributed by atoms with Gasteiger partial charge in [-0.1, -0.05) is 42.5 Å². The molecule has 0 aromatic heterocycles. The molecule has 3 aromatic carbocycles. The highest BCUT2D eigenvalue weighted by Crippen LogP contribution is 2.46. The van der Waals surface area contributed by atoms with E-state index in [0.29, 0.717) is 6.61 Å². The Balaban J connectivity index is 1.38. The predicted octanol–water partition coefficient (Wildman–Crippen LogP) is 4.59. The zero-order chi connectivity index (χ0) is 21.2. The summed E-state index contributed by atoms with van der Waals surface area (Å²) in [6, 6.07) is 21.0. The summed E-state index contributed by atoms with van der Waals surface area (Å²) < 4.78 is 17.3. The fraction of sp³-hybridized carbons (Fsp3) is 0.308. The molecule has 0 radical (unpaired) electrons. The highest BCUT2D eigenvalue weighted by molar-refractivity contribution is 5.80. The molecule has 0 spiro atoms. The van der Waals surface area contributed by atoms with Crippen molar-refractivity contribution in [3.63, 3.8) is 0 Å². The maximum absolute atomic E-state index is 6.14. The molecule has 31 heavy (non-hydrogen) atoms. The highest BCUT2D eigenvalue weighted by Gasteiger charge is 2.26. The molecule has 1 saturated heterocycles. The van der Waals surface area contributed by atoms with Crippen LogP contribution in [0.5, 0.6) is 17.2 Å². The minimum Gasteiger partial charge on any atom is -0.495 e. The summed E-state index contributed by atoms with van der Waals surface area (Å²) in [5, 5.41) is 0. The summed E-state index contributed by atoms with van der Waals surface area (Å²) in [7, 11) is 3.44. The molecule has 160 valence electrons. The molecule has 5 nitrogen and oxygen atoms in total. The largest absolute Gasteiger partial charge is 0.495 e. The highest BCUT2D eigenvalue weighted by atomic mass is 16.5. The lowest BCUT2D eigenvalue weighted by Gasteiger charge is -2.37. The van der Waals surface area contributed by atoms with Crippen LogP contribution < -0.4 is 19.1 Å². The molecule has 0 bridgehead atoms. The van der Waals surface area contributed by atoms with Crippen molar-refractivity contribution in [1.29, 1.82) is 0 Å². The fourth-order valence-corrected chi connectivity index (χ4v) is 4.65. The monoisotopic (exact) mass is 416 g/mol. The van der Waals surface area contributed by atoms with Gasteiger partial charge in [-0.25, -0.2) is 0 Å². The Morgan fingerprint density at radius 3 is 2.35 bits per heavy atom. The lowest BCUT2D eigenvalue weighted by Crippen LogP contribution is -2.46. The molecule has 2 aliphatic rings. The third-order valence-corrected chi connectivity index (χ3v) is 6.28. The Labute approximate surface area is 183 Å². The van der Waals surface area contributed by atoms with Gasteiger partial charge in [-0.2, -0.15) is 0 Å². The van der Waals surface area contributed by atoms with Gasteiger partial charge in [0.1, 0.15) is 12.4 Å². The maximum Gasteiger partial charge on any atom is 0.169 e. The molecule has 1 fully saturated rings. The van der Waals surface area contributed by atoms with Crippen LogP contribution in [0.2, 0.25) is 0 Å². The minimum absolute atomic E-state index is 0.584. The second-order valence-electron chi connectivity index (χ2n) is 8.01. The first-order chi connectivity index (χ1) is 15.3. The predicted molar refractivity (Wildman–Crippen MR) is 123 cm³/mol. The third-order valence-electron chi connectivity index (χ3n) is 6.28. The molecule has 5 rings (SSSR count). The lowest BCUT2D eigenvalue weighted by atomic mass is 9.92. The molecule has 0 unspecified atom stereocenters. The topological polar surface area (TPSA) is 34.2 Å². The first kappa shape index (κ1) is 19.8. The summed E-state index contributed by atoms with van der Waals surface area (Å²) in [4.78, 5) is 4.93. The number of anilines is 1. The fourth-order valence-electron chi connectivity index (χ4n) is 4.65. The van der Waals surface area contributed by atoms with Gasteiger partial charge in [0.25, 0.3) is 0 Å². The van der Waals surface area contributed by atoms with Crippen LogP contribution in [0, 0.1) is 0 Å². The van der Waals surface area contributed by atoms with Gasteiger partial charge < -0.3 is 19.1 Å². The van der Waals surface area contributed by atoms with Crippen molar-refractivity contribution in [1.82, 2.24) is 4.90 Å². The van der Waals surface area contributed by atoms with Crippen molar-refractivity contribution in [3.05, 3.63) is 71.8 Å². The summed E-state index contributed by atoms with van der Waals surface area (Å²) >= 11 is 0. The first-order valence-electron chi connectivity index (χ1n) is 10.8. The van der Waals surface area contributed by atoms with Gasteiger partial charge in [0.15, 0.2) is 11.5 Å². The summed E-state index contributed by atoms with van der Waals surface area (Å²) in [6.07, 6.45) is 0. The van der Waals surface area contributed by atoms with Gasteiger partial charge in [0.05, 0.1) is 19.9 Å². The number of nitrogens with zero attached hydrogens (tertiary/aromatic N) is 2.